The van der Waals surface area contributed by atoms with E-state index in [1.54, 1.807) is 25.3 Å². The highest BCUT2D eigenvalue weighted by atomic mass is 32.1. The Morgan fingerprint density at radius 2 is 1.96 bits per heavy atom. The van der Waals surface area contributed by atoms with Gasteiger partial charge in [-0.25, -0.2) is 4.98 Å². The van der Waals surface area contributed by atoms with Crippen LogP contribution < -0.4 is 24.3 Å². The molecule has 0 fully saturated rings. The average molecular weight is 384 g/mol. The molecule has 4 rings (SSSR count). The Balaban J connectivity index is 1.53. The fourth-order valence-corrected chi connectivity index (χ4v) is 3.38. The van der Waals surface area contributed by atoms with Crippen molar-refractivity contribution in [1.82, 2.24) is 4.98 Å². The number of carbonyl (C=O) groups excluding carboxylic acids is 1. The van der Waals surface area contributed by atoms with Crippen LogP contribution >= 0.6 is 11.3 Å². The van der Waals surface area contributed by atoms with Crippen molar-refractivity contribution in [2.24, 2.45) is 0 Å². The van der Waals surface area contributed by atoms with E-state index in [4.69, 9.17) is 18.9 Å². The molecule has 1 aliphatic heterocycles. The van der Waals surface area contributed by atoms with Crippen LogP contribution in [0.25, 0.3) is 11.3 Å². The first-order valence-corrected chi connectivity index (χ1v) is 8.95. The van der Waals surface area contributed by atoms with Gasteiger partial charge >= 0.3 is 0 Å². The first-order valence-electron chi connectivity index (χ1n) is 8.07. The quantitative estimate of drug-likeness (QED) is 0.721. The lowest BCUT2D eigenvalue weighted by Crippen LogP contribution is -2.13. The van der Waals surface area contributed by atoms with Crippen molar-refractivity contribution in [3.8, 4) is 34.3 Å². The predicted molar refractivity (Wildman–Crippen MR) is 101 cm³/mol. The number of carbonyl (C=O) groups is 1. The second kappa shape index (κ2) is 7.16. The van der Waals surface area contributed by atoms with Crippen LogP contribution in [-0.2, 0) is 0 Å². The van der Waals surface area contributed by atoms with Crippen molar-refractivity contribution >= 4 is 22.4 Å². The highest BCUT2D eigenvalue weighted by Gasteiger charge is 2.17. The number of thiazole rings is 1. The van der Waals surface area contributed by atoms with Crippen molar-refractivity contribution in [1.29, 1.82) is 0 Å². The van der Waals surface area contributed by atoms with E-state index < -0.39 is 0 Å². The van der Waals surface area contributed by atoms with Crippen LogP contribution in [-0.4, -0.2) is 31.9 Å². The molecule has 2 heterocycles. The third-order valence-electron chi connectivity index (χ3n) is 4.05. The predicted octanol–water partition coefficient (Wildman–Crippen LogP) is 3.81. The Kier molecular flexibility index (Phi) is 4.55. The number of rotatable bonds is 5. The number of hydrogen-bond donors (Lipinski definition) is 1. The maximum atomic E-state index is 12.6. The number of fused-ring (bicyclic) bond motifs is 1. The summed E-state index contributed by atoms with van der Waals surface area (Å²) < 4.78 is 21.1. The Morgan fingerprint density at radius 3 is 2.78 bits per heavy atom. The molecule has 7 nitrogen and oxygen atoms in total. The van der Waals surface area contributed by atoms with Gasteiger partial charge in [0.25, 0.3) is 5.91 Å². The van der Waals surface area contributed by atoms with Gasteiger partial charge in [0.15, 0.2) is 16.6 Å². The summed E-state index contributed by atoms with van der Waals surface area (Å²) in [5, 5.41) is 5.17. The van der Waals surface area contributed by atoms with E-state index in [1.807, 2.05) is 23.6 Å². The summed E-state index contributed by atoms with van der Waals surface area (Å²) in [5.41, 5.74) is 2.03. The molecule has 0 aliphatic carbocycles. The maximum absolute atomic E-state index is 12.6. The van der Waals surface area contributed by atoms with Gasteiger partial charge in [0, 0.05) is 17.0 Å². The van der Waals surface area contributed by atoms with Gasteiger partial charge in [0.05, 0.1) is 25.5 Å². The van der Waals surface area contributed by atoms with Crippen molar-refractivity contribution in [3.05, 3.63) is 47.3 Å². The highest BCUT2D eigenvalue weighted by Crippen LogP contribution is 2.36. The van der Waals surface area contributed by atoms with Gasteiger partial charge in [-0.15, -0.1) is 11.3 Å². The Bertz CT molecular complexity index is 1000. The number of benzene rings is 2. The molecule has 27 heavy (non-hydrogen) atoms. The molecule has 1 amide bonds. The van der Waals surface area contributed by atoms with Gasteiger partial charge in [-0.1, -0.05) is 0 Å². The molecule has 3 aromatic rings. The number of amides is 1. The summed E-state index contributed by atoms with van der Waals surface area (Å²) in [6.07, 6.45) is 0. The first kappa shape index (κ1) is 17.2. The van der Waals surface area contributed by atoms with Gasteiger partial charge in [0.2, 0.25) is 6.79 Å². The number of aromatic nitrogens is 1. The average Bonchev–Trinajstić information content (AvgIpc) is 3.35. The fourth-order valence-electron chi connectivity index (χ4n) is 2.67. The van der Waals surface area contributed by atoms with Crippen molar-refractivity contribution in [2.45, 2.75) is 0 Å². The molecule has 2 aromatic carbocycles. The van der Waals surface area contributed by atoms with Gasteiger partial charge in [0.1, 0.15) is 11.5 Å². The monoisotopic (exact) mass is 384 g/mol. The molecule has 0 saturated carbocycles. The lowest BCUT2D eigenvalue weighted by Gasteiger charge is -2.09. The lowest BCUT2D eigenvalue weighted by atomic mass is 10.1. The molecule has 1 aliphatic rings. The van der Waals surface area contributed by atoms with Gasteiger partial charge < -0.3 is 18.9 Å². The number of ether oxygens (including phenoxy) is 4. The molecule has 0 atom stereocenters. The second-order valence-corrected chi connectivity index (χ2v) is 6.48. The third kappa shape index (κ3) is 3.39. The van der Waals surface area contributed by atoms with E-state index in [1.165, 1.54) is 18.4 Å². The Labute approximate surface area is 159 Å². The van der Waals surface area contributed by atoms with E-state index in [9.17, 15) is 4.79 Å². The molecule has 1 N–H and O–H groups in total. The highest BCUT2D eigenvalue weighted by molar-refractivity contribution is 7.14. The van der Waals surface area contributed by atoms with E-state index >= 15 is 0 Å². The zero-order valence-corrected chi connectivity index (χ0v) is 15.5. The Morgan fingerprint density at radius 1 is 1.11 bits per heavy atom. The SMILES string of the molecule is COc1ccc(C(=O)Nc2nc(-c3ccc4c(c3)OCO4)cs2)c(OC)c1. The second-order valence-electron chi connectivity index (χ2n) is 5.63. The molecule has 138 valence electrons. The van der Waals surface area contributed by atoms with Crippen LogP contribution in [0, 0.1) is 0 Å². The lowest BCUT2D eigenvalue weighted by molar-refractivity contribution is 0.102. The molecule has 1 aromatic heterocycles. The van der Waals surface area contributed by atoms with E-state index in [2.05, 4.69) is 10.3 Å². The van der Waals surface area contributed by atoms with Gasteiger partial charge in [-0.05, 0) is 30.3 Å². The number of hydrogen-bond acceptors (Lipinski definition) is 7. The minimum Gasteiger partial charge on any atom is -0.497 e. The minimum atomic E-state index is -0.305. The summed E-state index contributed by atoms with van der Waals surface area (Å²) in [4.78, 5) is 17.1. The summed E-state index contributed by atoms with van der Waals surface area (Å²) in [5.74, 6) is 2.14. The smallest absolute Gasteiger partial charge is 0.261 e. The standard InChI is InChI=1S/C19H16N2O5S/c1-23-12-4-5-13(16(8-12)24-2)18(22)21-19-20-14(9-27-19)11-3-6-15-17(7-11)26-10-25-15/h3-9H,10H2,1-2H3,(H,20,21,22). The van der Waals surface area contributed by atoms with E-state index in [0.29, 0.717) is 33.7 Å². The molecule has 0 bridgehead atoms. The number of nitrogens with one attached hydrogen (secondary N) is 1. The summed E-state index contributed by atoms with van der Waals surface area (Å²) in [6.45, 7) is 0.223. The number of methoxy groups -OCH3 is 2. The molecular weight excluding hydrogens is 368 g/mol. The molecular formula is C19H16N2O5S. The van der Waals surface area contributed by atoms with Crippen LogP contribution in [0.2, 0.25) is 0 Å². The molecule has 0 saturated heterocycles. The van der Waals surface area contributed by atoms with Crippen LogP contribution in [0.4, 0.5) is 5.13 Å². The first-order chi connectivity index (χ1) is 13.2. The summed E-state index contributed by atoms with van der Waals surface area (Å²) >= 11 is 1.34. The zero-order chi connectivity index (χ0) is 18.8. The number of anilines is 1. The van der Waals surface area contributed by atoms with Crippen LogP contribution in [0.3, 0.4) is 0 Å². The van der Waals surface area contributed by atoms with Gasteiger partial charge in [-0.2, -0.15) is 0 Å². The Hall–Kier alpha value is -3.26. The van der Waals surface area contributed by atoms with Gasteiger partial charge in [-0.3, -0.25) is 10.1 Å². The van der Waals surface area contributed by atoms with Crippen LogP contribution in [0.1, 0.15) is 10.4 Å². The minimum absolute atomic E-state index is 0.223. The maximum Gasteiger partial charge on any atom is 0.261 e. The van der Waals surface area contributed by atoms with Crippen LogP contribution in [0.5, 0.6) is 23.0 Å². The summed E-state index contributed by atoms with van der Waals surface area (Å²) in [7, 11) is 3.06. The largest absolute Gasteiger partial charge is 0.497 e. The van der Waals surface area contributed by atoms with Crippen molar-refractivity contribution < 1.29 is 23.7 Å². The number of nitrogens with zero attached hydrogens (tertiary/aromatic N) is 1. The molecule has 0 radical (unpaired) electrons. The van der Waals surface area contributed by atoms with E-state index in [-0.39, 0.29) is 12.7 Å². The van der Waals surface area contributed by atoms with Crippen LogP contribution in [0.15, 0.2) is 41.8 Å². The fraction of sp³-hybridized carbons (Fsp3) is 0.158. The molecule has 0 unspecified atom stereocenters. The molecule has 0 spiro atoms. The van der Waals surface area contributed by atoms with Crippen molar-refractivity contribution in [2.75, 3.05) is 26.3 Å². The topological polar surface area (TPSA) is 78.9 Å². The molecule has 8 heteroatoms. The third-order valence-corrected chi connectivity index (χ3v) is 4.80. The normalized spacial score (nSPS) is 11.9. The van der Waals surface area contributed by atoms with Crippen molar-refractivity contribution in [3.63, 3.8) is 0 Å². The van der Waals surface area contributed by atoms with E-state index in [0.717, 1.165) is 11.3 Å². The summed E-state index contributed by atoms with van der Waals surface area (Å²) in [6, 6.07) is 10.6. The zero-order valence-electron chi connectivity index (χ0n) is 14.6.